The van der Waals surface area contributed by atoms with E-state index in [1.165, 1.54) is 128 Å². The van der Waals surface area contributed by atoms with E-state index in [2.05, 4.69) is 74.6 Å². The van der Waals surface area contributed by atoms with Gasteiger partial charge >= 0.3 is 11.9 Å². The molecule has 0 radical (unpaired) electrons. The number of rotatable bonds is 49. The van der Waals surface area contributed by atoms with Crippen molar-refractivity contribution in [2.75, 3.05) is 47.5 Å². The number of carboxylic acid groups (broad SMARTS) is 1. The first kappa shape index (κ1) is 63.0. The second-order valence-corrected chi connectivity index (χ2v) is 19.1. The molecule has 0 rings (SSSR count). The van der Waals surface area contributed by atoms with Crippen molar-refractivity contribution in [3.63, 3.8) is 0 Å². The predicted octanol–water partition coefficient (Wildman–Crippen LogP) is 14.0. The Morgan fingerprint density at radius 2 is 0.864 bits per heavy atom. The molecule has 0 aliphatic heterocycles. The zero-order valence-electron chi connectivity index (χ0n) is 43.3. The first-order valence-electron chi connectivity index (χ1n) is 26.9. The fourth-order valence-corrected chi connectivity index (χ4v) is 7.39. The number of carbonyl (C=O) groups is 3. The minimum atomic E-state index is -1.62. The van der Waals surface area contributed by atoms with Crippen LogP contribution in [0, 0.1) is 0 Å². The van der Waals surface area contributed by atoms with E-state index in [-0.39, 0.29) is 32.2 Å². The van der Waals surface area contributed by atoms with Gasteiger partial charge in [-0.25, -0.2) is 0 Å². The highest BCUT2D eigenvalue weighted by Crippen LogP contribution is 2.16. The number of esters is 2. The summed E-state index contributed by atoms with van der Waals surface area (Å²) in [5, 5.41) is 11.7. The van der Waals surface area contributed by atoms with Crippen molar-refractivity contribution in [3.05, 3.63) is 60.8 Å². The summed E-state index contributed by atoms with van der Waals surface area (Å²) in [4.78, 5) is 37.0. The van der Waals surface area contributed by atoms with Crippen LogP contribution in [0.15, 0.2) is 60.8 Å². The number of quaternary nitrogens is 1. The van der Waals surface area contributed by atoms with Gasteiger partial charge in [-0.05, 0) is 57.8 Å². The van der Waals surface area contributed by atoms with E-state index in [9.17, 15) is 19.5 Å². The molecule has 0 aliphatic carbocycles. The fraction of sp³-hybridized carbons (Fsp3) is 0.772. The van der Waals surface area contributed by atoms with E-state index < -0.39 is 24.3 Å². The lowest BCUT2D eigenvalue weighted by atomic mass is 10.0. The van der Waals surface area contributed by atoms with Crippen LogP contribution in [0.1, 0.15) is 226 Å². The summed E-state index contributed by atoms with van der Waals surface area (Å²) in [7, 11) is 5.91. The van der Waals surface area contributed by atoms with Gasteiger partial charge in [-0.3, -0.25) is 9.59 Å². The molecule has 0 aromatic carbocycles. The molecule has 0 aliphatic rings. The number of nitrogens with zero attached hydrogens (tertiary/aromatic N) is 1. The molecule has 0 fully saturated rings. The Balaban J connectivity index is 4.11. The standard InChI is InChI=1S/C57H101NO8/c1-6-8-10-12-14-16-18-19-20-21-22-23-24-25-26-27-28-29-30-31-32-33-34-35-36-37-38-40-42-44-46-48-55(60)66-53(52-65-57(56(61)62)63-50-49-58(3,4)5)51-64-54(59)47-45-43-41-39-17-15-13-11-9-7-2/h8,10,14,16,19-20,22-23,25-26,53,57H,6-7,9,11-13,15,17-18,21,24,27-52H2,1-5H3/b10-8-,16-14-,20-19-,23-22-,26-25-. The summed E-state index contributed by atoms with van der Waals surface area (Å²) in [6.45, 7) is 4.62. The molecular formula is C57H101NO8. The normalized spacial score (nSPS) is 13.3. The number of allylic oxidation sites excluding steroid dienone is 10. The largest absolute Gasteiger partial charge is 0.545 e. The number of carboxylic acids is 1. The van der Waals surface area contributed by atoms with Gasteiger partial charge in [0.2, 0.25) is 0 Å². The maximum atomic E-state index is 12.8. The van der Waals surface area contributed by atoms with Crippen molar-refractivity contribution < 1.29 is 42.9 Å². The lowest BCUT2D eigenvalue weighted by molar-refractivity contribution is -0.870. The number of ether oxygens (including phenoxy) is 4. The third-order valence-electron chi connectivity index (χ3n) is 11.5. The Morgan fingerprint density at radius 3 is 1.29 bits per heavy atom. The van der Waals surface area contributed by atoms with Crippen molar-refractivity contribution in [2.24, 2.45) is 0 Å². The monoisotopic (exact) mass is 928 g/mol. The highest BCUT2D eigenvalue weighted by molar-refractivity contribution is 5.70. The Bertz CT molecular complexity index is 1270. The average Bonchev–Trinajstić information content (AvgIpc) is 3.28. The van der Waals surface area contributed by atoms with Crippen LogP contribution in [0.3, 0.4) is 0 Å². The Labute approximate surface area is 405 Å². The van der Waals surface area contributed by atoms with Crippen molar-refractivity contribution in [3.8, 4) is 0 Å². The molecule has 0 bridgehead atoms. The minimum absolute atomic E-state index is 0.148. The van der Waals surface area contributed by atoms with E-state index >= 15 is 0 Å². The van der Waals surface area contributed by atoms with Gasteiger partial charge in [0, 0.05) is 12.8 Å². The number of hydrogen-bond donors (Lipinski definition) is 0. The van der Waals surface area contributed by atoms with Gasteiger partial charge in [-0.15, -0.1) is 0 Å². The topological polar surface area (TPSA) is 111 Å². The summed E-state index contributed by atoms with van der Waals surface area (Å²) >= 11 is 0. The first-order chi connectivity index (χ1) is 32.1. The quantitative estimate of drug-likeness (QED) is 0.0195. The molecule has 0 amide bonds. The summed E-state index contributed by atoms with van der Waals surface area (Å²) in [5.41, 5.74) is 0. The predicted molar refractivity (Wildman–Crippen MR) is 274 cm³/mol. The van der Waals surface area contributed by atoms with Gasteiger partial charge in [0.05, 0.1) is 40.3 Å². The lowest BCUT2D eigenvalue weighted by Crippen LogP contribution is -2.44. The van der Waals surface area contributed by atoms with Gasteiger partial charge in [0.25, 0.3) is 0 Å². The van der Waals surface area contributed by atoms with Gasteiger partial charge < -0.3 is 33.3 Å². The first-order valence-corrected chi connectivity index (χ1v) is 26.9. The molecular weight excluding hydrogens is 827 g/mol. The lowest BCUT2D eigenvalue weighted by Gasteiger charge is -2.26. The summed E-state index contributed by atoms with van der Waals surface area (Å²) in [6.07, 6.45) is 57.1. The molecule has 0 N–H and O–H groups in total. The zero-order valence-corrected chi connectivity index (χ0v) is 43.3. The van der Waals surface area contributed by atoms with Crippen molar-refractivity contribution >= 4 is 17.9 Å². The molecule has 2 unspecified atom stereocenters. The molecule has 66 heavy (non-hydrogen) atoms. The molecule has 0 aromatic heterocycles. The molecule has 0 spiro atoms. The third-order valence-corrected chi connectivity index (χ3v) is 11.5. The number of hydrogen-bond acceptors (Lipinski definition) is 8. The number of carbonyl (C=O) groups excluding carboxylic acids is 3. The van der Waals surface area contributed by atoms with E-state index in [0.29, 0.717) is 23.9 Å². The Morgan fingerprint density at radius 1 is 0.470 bits per heavy atom. The van der Waals surface area contributed by atoms with E-state index in [4.69, 9.17) is 18.9 Å². The van der Waals surface area contributed by atoms with Crippen LogP contribution in [0.4, 0.5) is 0 Å². The fourth-order valence-electron chi connectivity index (χ4n) is 7.39. The van der Waals surface area contributed by atoms with Crippen LogP contribution < -0.4 is 5.11 Å². The summed E-state index contributed by atoms with van der Waals surface area (Å²) < 4.78 is 22.6. The van der Waals surface area contributed by atoms with Crippen molar-refractivity contribution in [1.29, 1.82) is 0 Å². The van der Waals surface area contributed by atoms with Gasteiger partial charge in [0.15, 0.2) is 12.4 Å². The Kier molecular flexibility index (Phi) is 46.2. The molecule has 382 valence electrons. The van der Waals surface area contributed by atoms with Crippen LogP contribution >= 0.6 is 0 Å². The van der Waals surface area contributed by atoms with Gasteiger partial charge in [-0.2, -0.15) is 0 Å². The maximum Gasteiger partial charge on any atom is 0.306 e. The van der Waals surface area contributed by atoms with Gasteiger partial charge in [0.1, 0.15) is 13.2 Å². The maximum absolute atomic E-state index is 12.8. The molecule has 0 aromatic rings. The van der Waals surface area contributed by atoms with Crippen molar-refractivity contribution in [1.82, 2.24) is 0 Å². The molecule has 2 atom stereocenters. The minimum Gasteiger partial charge on any atom is -0.545 e. The number of aliphatic carboxylic acids is 1. The molecule has 0 saturated carbocycles. The Hall–Kier alpha value is -3.01. The summed E-state index contributed by atoms with van der Waals surface area (Å²) in [6, 6.07) is 0. The third kappa shape index (κ3) is 48.9. The molecule has 0 saturated heterocycles. The zero-order chi connectivity index (χ0) is 48.4. The van der Waals surface area contributed by atoms with Crippen LogP contribution in [0.2, 0.25) is 0 Å². The SMILES string of the molecule is CC/C=C\C/C=C\C/C=C\C/C=C\C/C=C\CCCCCCCCCCCCCCCCCC(=O)OC(COC(=O)CCCCCCCCCCCC)COC(OCC[N+](C)(C)C)C(=O)[O-]. The number of likely N-dealkylation sites (N-methyl/N-ethyl adjacent to an activating group) is 1. The van der Waals surface area contributed by atoms with E-state index in [1.54, 1.807) is 0 Å². The van der Waals surface area contributed by atoms with E-state index in [0.717, 1.165) is 64.2 Å². The second-order valence-electron chi connectivity index (χ2n) is 19.1. The van der Waals surface area contributed by atoms with Crippen LogP contribution in [-0.4, -0.2) is 82.3 Å². The highest BCUT2D eigenvalue weighted by atomic mass is 16.7. The van der Waals surface area contributed by atoms with Gasteiger partial charge in [-0.1, -0.05) is 216 Å². The van der Waals surface area contributed by atoms with Crippen LogP contribution in [0.5, 0.6) is 0 Å². The summed E-state index contributed by atoms with van der Waals surface area (Å²) in [5.74, 6) is -2.28. The molecule has 9 heteroatoms. The van der Waals surface area contributed by atoms with Crippen LogP contribution in [-0.2, 0) is 33.3 Å². The van der Waals surface area contributed by atoms with E-state index in [1.807, 2.05) is 21.1 Å². The molecule has 9 nitrogen and oxygen atoms in total. The number of unbranched alkanes of at least 4 members (excludes halogenated alkanes) is 24. The molecule has 0 heterocycles. The van der Waals surface area contributed by atoms with Crippen LogP contribution in [0.25, 0.3) is 0 Å². The average molecular weight is 928 g/mol. The smallest absolute Gasteiger partial charge is 0.306 e. The highest BCUT2D eigenvalue weighted by Gasteiger charge is 2.22. The second kappa shape index (κ2) is 48.4. The van der Waals surface area contributed by atoms with Crippen molar-refractivity contribution in [2.45, 2.75) is 238 Å².